The predicted octanol–water partition coefficient (Wildman–Crippen LogP) is 0.825. The van der Waals surface area contributed by atoms with Crippen molar-refractivity contribution in [1.82, 2.24) is 14.8 Å². The quantitative estimate of drug-likeness (QED) is 0.784. The summed E-state index contributed by atoms with van der Waals surface area (Å²) in [6.45, 7) is 4.74. The fraction of sp³-hybridized carbons (Fsp3) is 0.833. The summed E-state index contributed by atoms with van der Waals surface area (Å²) in [4.78, 5) is 0. The molecule has 1 saturated heterocycles. The topological polar surface area (TPSA) is 66.0 Å². The van der Waals surface area contributed by atoms with Crippen LogP contribution in [0.5, 0.6) is 0 Å². The van der Waals surface area contributed by atoms with Crippen molar-refractivity contribution in [2.75, 3.05) is 13.2 Å². The molecule has 2 N–H and O–H groups in total. The van der Waals surface area contributed by atoms with Crippen molar-refractivity contribution in [3.8, 4) is 0 Å². The average molecular weight is 236 g/mol. The first-order valence-electron chi connectivity index (χ1n) is 6.48. The van der Waals surface area contributed by atoms with Gasteiger partial charge in [-0.15, -0.1) is 10.2 Å². The van der Waals surface area contributed by atoms with Crippen LogP contribution in [0.2, 0.25) is 0 Å². The zero-order valence-corrected chi connectivity index (χ0v) is 10.4. The van der Waals surface area contributed by atoms with Crippen molar-refractivity contribution in [2.24, 2.45) is 11.7 Å². The van der Waals surface area contributed by atoms with Gasteiger partial charge in [0.05, 0.1) is 5.54 Å². The number of aromatic nitrogens is 3. The van der Waals surface area contributed by atoms with Gasteiger partial charge in [-0.25, -0.2) is 0 Å². The molecule has 5 heteroatoms. The Morgan fingerprint density at radius 3 is 2.88 bits per heavy atom. The summed E-state index contributed by atoms with van der Waals surface area (Å²) in [5.74, 6) is 2.79. The second-order valence-corrected chi connectivity index (χ2v) is 5.46. The zero-order chi connectivity index (χ0) is 11.9. The van der Waals surface area contributed by atoms with E-state index in [9.17, 15) is 0 Å². The molecule has 1 atom stereocenters. The van der Waals surface area contributed by atoms with E-state index in [0.717, 1.165) is 50.7 Å². The molecule has 0 aliphatic carbocycles. The number of hydrogen-bond donors (Lipinski definition) is 1. The molecular weight excluding hydrogens is 216 g/mol. The molecule has 2 aliphatic rings. The van der Waals surface area contributed by atoms with E-state index >= 15 is 0 Å². The Kier molecular flexibility index (Phi) is 2.67. The molecule has 1 fully saturated rings. The van der Waals surface area contributed by atoms with Crippen LogP contribution in [-0.2, 0) is 23.2 Å². The van der Waals surface area contributed by atoms with Crippen LogP contribution < -0.4 is 5.73 Å². The van der Waals surface area contributed by atoms with E-state index in [4.69, 9.17) is 10.5 Å². The molecule has 94 valence electrons. The summed E-state index contributed by atoms with van der Waals surface area (Å²) in [5.41, 5.74) is 6.15. The number of fused-ring (bicyclic) bond motifs is 1. The van der Waals surface area contributed by atoms with Gasteiger partial charge in [-0.1, -0.05) is 6.92 Å². The molecule has 1 aromatic heterocycles. The maximum absolute atomic E-state index is 6.48. The Bertz CT molecular complexity index is 409. The predicted molar refractivity (Wildman–Crippen MR) is 63.4 cm³/mol. The van der Waals surface area contributed by atoms with E-state index in [2.05, 4.69) is 21.7 Å². The maximum Gasteiger partial charge on any atom is 0.153 e. The van der Waals surface area contributed by atoms with Gasteiger partial charge in [0, 0.05) is 26.2 Å². The van der Waals surface area contributed by atoms with Crippen molar-refractivity contribution >= 4 is 0 Å². The molecule has 0 radical (unpaired) electrons. The van der Waals surface area contributed by atoms with E-state index in [1.807, 2.05) is 0 Å². The molecule has 1 unspecified atom stereocenters. The van der Waals surface area contributed by atoms with Crippen LogP contribution in [0.15, 0.2) is 0 Å². The minimum Gasteiger partial charge on any atom is -0.381 e. The van der Waals surface area contributed by atoms with E-state index in [0.29, 0.717) is 5.92 Å². The number of hydrogen-bond acceptors (Lipinski definition) is 4. The first-order valence-corrected chi connectivity index (χ1v) is 6.48. The van der Waals surface area contributed by atoms with Gasteiger partial charge >= 0.3 is 0 Å². The lowest BCUT2D eigenvalue weighted by molar-refractivity contribution is 0.0474. The third-order valence-corrected chi connectivity index (χ3v) is 4.03. The molecule has 17 heavy (non-hydrogen) atoms. The average Bonchev–Trinajstić information content (AvgIpc) is 2.73. The fourth-order valence-corrected chi connectivity index (χ4v) is 2.81. The second-order valence-electron chi connectivity index (χ2n) is 5.46. The van der Waals surface area contributed by atoms with Crippen molar-refractivity contribution in [3.05, 3.63) is 11.6 Å². The number of nitrogens with zero attached hydrogens (tertiary/aromatic N) is 3. The zero-order valence-electron chi connectivity index (χ0n) is 10.4. The highest BCUT2D eigenvalue weighted by molar-refractivity contribution is 5.11. The lowest BCUT2D eigenvalue weighted by Crippen LogP contribution is -2.45. The lowest BCUT2D eigenvalue weighted by Gasteiger charge is -2.33. The minimum atomic E-state index is -0.329. The third-order valence-electron chi connectivity index (χ3n) is 4.03. The Morgan fingerprint density at radius 2 is 2.12 bits per heavy atom. The largest absolute Gasteiger partial charge is 0.381 e. The van der Waals surface area contributed by atoms with Gasteiger partial charge in [-0.2, -0.15) is 0 Å². The van der Waals surface area contributed by atoms with Gasteiger partial charge in [-0.3, -0.25) is 0 Å². The molecule has 0 bridgehead atoms. The standard InChI is InChI=1S/C12H20N4O/c1-9-2-5-16-10(8-9)14-15-11(16)12(13)3-6-17-7-4-12/h9H,2-8,13H2,1H3. The molecule has 2 aliphatic heterocycles. The van der Waals surface area contributed by atoms with Gasteiger partial charge in [0.2, 0.25) is 0 Å². The van der Waals surface area contributed by atoms with Gasteiger partial charge < -0.3 is 15.0 Å². The lowest BCUT2D eigenvalue weighted by atomic mass is 9.89. The fourth-order valence-electron chi connectivity index (χ4n) is 2.81. The third kappa shape index (κ3) is 1.87. The van der Waals surface area contributed by atoms with Crippen LogP contribution in [0.4, 0.5) is 0 Å². The van der Waals surface area contributed by atoms with Crippen LogP contribution in [-0.4, -0.2) is 28.0 Å². The molecule has 0 aromatic carbocycles. The summed E-state index contributed by atoms with van der Waals surface area (Å²) < 4.78 is 7.63. The van der Waals surface area contributed by atoms with Gasteiger partial charge in [0.25, 0.3) is 0 Å². The number of nitrogens with two attached hydrogens (primary N) is 1. The number of rotatable bonds is 1. The first kappa shape index (κ1) is 11.2. The molecular formula is C12H20N4O. The van der Waals surface area contributed by atoms with Crippen molar-refractivity contribution in [2.45, 2.75) is 44.7 Å². The van der Waals surface area contributed by atoms with E-state index in [-0.39, 0.29) is 5.54 Å². The SMILES string of the molecule is CC1CCn2c(nnc2C2(N)CCOCC2)C1. The van der Waals surface area contributed by atoms with Gasteiger partial charge in [0.15, 0.2) is 5.82 Å². The summed E-state index contributed by atoms with van der Waals surface area (Å²) >= 11 is 0. The Morgan fingerprint density at radius 1 is 1.35 bits per heavy atom. The Hall–Kier alpha value is -0.940. The first-order chi connectivity index (χ1) is 8.19. The molecule has 0 spiro atoms. The minimum absolute atomic E-state index is 0.329. The molecule has 5 nitrogen and oxygen atoms in total. The Labute approximate surface area is 101 Å². The van der Waals surface area contributed by atoms with E-state index in [1.54, 1.807) is 0 Å². The molecule has 3 rings (SSSR count). The van der Waals surface area contributed by atoms with Crippen LogP contribution in [0.1, 0.15) is 37.8 Å². The van der Waals surface area contributed by atoms with Crippen LogP contribution >= 0.6 is 0 Å². The monoisotopic (exact) mass is 236 g/mol. The van der Waals surface area contributed by atoms with E-state index < -0.39 is 0 Å². The van der Waals surface area contributed by atoms with Crippen LogP contribution in [0.25, 0.3) is 0 Å². The molecule has 0 saturated carbocycles. The van der Waals surface area contributed by atoms with Gasteiger partial charge in [0.1, 0.15) is 5.82 Å². The Balaban J connectivity index is 1.93. The molecule has 3 heterocycles. The molecule has 0 amide bonds. The summed E-state index contributed by atoms with van der Waals surface area (Å²) in [5, 5.41) is 8.68. The van der Waals surface area contributed by atoms with Crippen molar-refractivity contribution in [3.63, 3.8) is 0 Å². The summed E-state index contributed by atoms with van der Waals surface area (Å²) in [6, 6.07) is 0. The summed E-state index contributed by atoms with van der Waals surface area (Å²) in [6.07, 6.45) is 3.92. The second kappa shape index (κ2) is 4.07. The van der Waals surface area contributed by atoms with Crippen LogP contribution in [0, 0.1) is 5.92 Å². The number of ether oxygens (including phenoxy) is 1. The smallest absolute Gasteiger partial charge is 0.153 e. The highest BCUT2D eigenvalue weighted by Crippen LogP contribution is 2.30. The van der Waals surface area contributed by atoms with Crippen molar-refractivity contribution in [1.29, 1.82) is 0 Å². The highest BCUT2D eigenvalue weighted by Gasteiger charge is 2.36. The maximum atomic E-state index is 6.48. The normalized spacial score (nSPS) is 27.8. The van der Waals surface area contributed by atoms with E-state index in [1.165, 1.54) is 6.42 Å². The van der Waals surface area contributed by atoms with Crippen LogP contribution in [0.3, 0.4) is 0 Å². The highest BCUT2D eigenvalue weighted by atomic mass is 16.5. The molecule has 1 aromatic rings. The summed E-state index contributed by atoms with van der Waals surface area (Å²) in [7, 11) is 0. The van der Waals surface area contributed by atoms with Crippen molar-refractivity contribution < 1.29 is 4.74 Å². The van der Waals surface area contributed by atoms with Gasteiger partial charge in [-0.05, 0) is 25.2 Å².